The number of allylic oxidation sites excluding steroid dienone is 1. The molecule has 1 heterocycles. The van der Waals surface area contributed by atoms with Gasteiger partial charge in [0, 0.05) is 22.6 Å². The summed E-state index contributed by atoms with van der Waals surface area (Å²) in [6, 6.07) is 8.22. The molecule has 82 valence electrons. The van der Waals surface area contributed by atoms with Crippen molar-refractivity contribution >= 4 is 32.5 Å². The second-order valence-electron chi connectivity index (χ2n) is 3.48. The first kappa shape index (κ1) is 11.1. The van der Waals surface area contributed by atoms with Gasteiger partial charge in [0.05, 0.1) is 11.2 Å². The molecule has 0 atom stereocenters. The lowest BCUT2D eigenvalue weighted by molar-refractivity contribution is 1.31. The van der Waals surface area contributed by atoms with E-state index in [2.05, 4.69) is 44.4 Å². The van der Waals surface area contributed by atoms with Crippen LogP contribution in [-0.4, -0.2) is 11.5 Å². The number of rotatable bonds is 3. The van der Waals surface area contributed by atoms with Crippen molar-refractivity contribution < 1.29 is 0 Å². The van der Waals surface area contributed by atoms with Crippen molar-refractivity contribution in [3.05, 3.63) is 47.1 Å². The fraction of sp³-hybridized carbons (Fsp3) is 0.154. The van der Waals surface area contributed by atoms with Crippen LogP contribution < -0.4 is 5.32 Å². The molecule has 0 aliphatic heterocycles. The van der Waals surface area contributed by atoms with E-state index in [4.69, 9.17) is 0 Å². The largest absolute Gasteiger partial charge is 0.380 e. The van der Waals surface area contributed by atoms with Crippen LogP contribution in [0, 0.1) is 0 Å². The molecule has 0 aliphatic rings. The van der Waals surface area contributed by atoms with Gasteiger partial charge in [-0.25, -0.2) is 0 Å². The zero-order chi connectivity index (χ0) is 11.4. The first-order chi connectivity index (χ1) is 7.81. The Kier molecular flexibility index (Phi) is 3.57. The molecule has 1 aromatic carbocycles. The van der Waals surface area contributed by atoms with Crippen LogP contribution in [0.3, 0.4) is 0 Å². The fourth-order valence-corrected chi connectivity index (χ4v) is 1.91. The summed E-state index contributed by atoms with van der Waals surface area (Å²) in [4.78, 5) is 4.43. The summed E-state index contributed by atoms with van der Waals surface area (Å²) in [5.74, 6) is 0. The fourth-order valence-electron chi connectivity index (χ4n) is 1.56. The lowest BCUT2D eigenvalue weighted by Gasteiger charge is -2.07. The van der Waals surface area contributed by atoms with Gasteiger partial charge in [-0.15, -0.1) is 0 Å². The molecule has 0 radical (unpaired) electrons. The van der Waals surface area contributed by atoms with E-state index in [-0.39, 0.29) is 0 Å². The van der Waals surface area contributed by atoms with Crippen molar-refractivity contribution in [3.63, 3.8) is 0 Å². The van der Waals surface area contributed by atoms with Gasteiger partial charge in [0.2, 0.25) is 0 Å². The van der Waals surface area contributed by atoms with Gasteiger partial charge in [0.15, 0.2) is 0 Å². The Labute approximate surface area is 104 Å². The number of para-hydroxylation sites is 1. The van der Waals surface area contributed by atoms with Crippen LogP contribution in [0.25, 0.3) is 10.9 Å². The molecule has 1 N–H and O–H groups in total. The zero-order valence-corrected chi connectivity index (χ0v) is 10.7. The van der Waals surface area contributed by atoms with Crippen LogP contribution in [0.4, 0.5) is 5.69 Å². The molecular formula is C13H13BrN2. The Morgan fingerprint density at radius 1 is 1.44 bits per heavy atom. The Hall–Kier alpha value is -1.35. The lowest BCUT2D eigenvalue weighted by atomic mass is 10.2. The average molecular weight is 277 g/mol. The van der Waals surface area contributed by atoms with E-state index in [1.165, 1.54) is 0 Å². The standard InChI is InChI=1S/C13H13BrN2/c1-2-3-7-15-12-6-4-5-10-8-11(14)9-16-13(10)12/h2-6,8-9,15H,7H2,1H3/b3-2+. The highest BCUT2D eigenvalue weighted by Gasteiger charge is 2.01. The number of nitrogens with one attached hydrogen (secondary N) is 1. The summed E-state index contributed by atoms with van der Waals surface area (Å²) in [5.41, 5.74) is 2.08. The Bertz CT molecular complexity index is 520. The van der Waals surface area contributed by atoms with Gasteiger partial charge >= 0.3 is 0 Å². The second-order valence-corrected chi connectivity index (χ2v) is 4.40. The van der Waals surface area contributed by atoms with Crippen LogP contribution >= 0.6 is 15.9 Å². The van der Waals surface area contributed by atoms with Crippen LogP contribution in [0.15, 0.2) is 47.1 Å². The molecule has 16 heavy (non-hydrogen) atoms. The van der Waals surface area contributed by atoms with E-state index in [0.29, 0.717) is 0 Å². The van der Waals surface area contributed by atoms with E-state index in [0.717, 1.165) is 27.6 Å². The number of halogens is 1. The van der Waals surface area contributed by atoms with Crippen LogP contribution in [0.2, 0.25) is 0 Å². The van der Waals surface area contributed by atoms with Gasteiger partial charge in [0.1, 0.15) is 0 Å². The van der Waals surface area contributed by atoms with E-state index >= 15 is 0 Å². The van der Waals surface area contributed by atoms with E-state index < -0.39 is 0 Å². The third-order valence-electron chi connectivity index (χ3n) is 2.32. The molecule has 0 unspecified atom stereocenters. The maximum Gasteiger partial charge on any atom is 0.0934 e. The molecule has 0 saturated carbocycles. The molecular weight excluding hydrogens is 264 g/mol. The smallest absolute Gasteiger partial charge is 0.0934 e. The predicted octanol–water partition coefficient (Wildman–Crippen LogP) is 3.99. The van der Waals surface area contributed by atoms with Crippen molar-refractivity contribution in [2.45, 2.75) is 6.92 Å². The molecule has 0 amide bonds. The number of pyridine rings is 1. The van der Waals surface area contributed by atoms with Gasteiger partial charge in [-0.1, -0.05) is 24.3 Å². The Balaban J connectivity index is 2.37. The average Bonchev–Trinajstić information content (AvgIpc) is 2.29. The highest BCUT2D eigenvalue weighted by Crippen LogP contribution is 2.23. The van der Waals surface area contributed by atoms with Gasteiger partial charge in [0.25, 0.3) is 0 Å². The molecule has 0 bridgehead atoms. The van der Waals surface area contributed by atoms with Crippen molar-refractivity contribution in [3.8, 4) is 0 Å². The minimum absolute atomic E-state index is 0.827. The minimum atomic E-state index is 0.827. The summed E-state index contributed by atoms with van der Waals surface area (Å²) < 4.78 is 1.01. The quantitative estimate of drug-likeness (QED) is 0.858. The summed E-state index contributed by atoms with van der Waals surface area (Å²) in [5, 5.41) is 4.48. The SMILES string of the molecule is C/C=C/CNc1cccc2cc(Br)cnc12. The lowest BCUT2D eigenvalue weighted by Crippen LogP contribution is -1.99. The topological polar surface area (TPSA) is 24.9 Å². The van der Waals surface area contributed by atoms with Crippen LogP contribution in [-0.2, 0) is 0 Å². The molecule has 1 aromatic heterocycles. The summed E-state index contributed by atoms with van der Waals surface area (Å²) in [6.07, 6.45) is 5.93. The van der Waals surface area contributed by atoms with Gasteiger partial charge in [-0.2, -0.15) is 0 Å². The first-order valence-corrected chi connectivity index (χ1v) is 6.00. The number of benzene rings is 1. The van der Waals surface area contributed by atoms with E-state index in [9.17, 15) is 0 Å². The molecule has 2 rings (SSSR count). The van der Waals surface area contributed by atoms with Crippen molar-refractivity contribution in [2.75, 3.05) is 11.9 Å². The number of hydrogen-bond acceptors (Lipinski definition) is 2. The van der Waals surface area contributed by atoms with Crippen LogP contribution in [0.1, 0.15) is 6.92 Å². The summed E-state index contributed by atoms with van der Waals surface area (Å²) in [7, 11) is 0. The minimum Gasteiger partial charge on any atom is -0.380 e. The maximum absolute atomic E-state index is 4.43. The van der Waals surface area contributed by atoms with E-state index in [1.807, 2.05) is 31.3 Å². The number of hydrogen-bond donors (Lipinski definition) is 1. The van der Waals surface area contributed by atoms with E-state index in [1.54, 1.807) is 0 Å². The molecule has 2 nitrogen and oxygen atoms in total. The molecule has 0 spiro atoms. The van der Waals surface area contributed by atoms with Gasteiger partial charge < -0.3 is 5.32 Å². The third-order valence-corrected chi connectivity index (χ3v) is 2.76. The molecule has 3 heteroatoms. The Morgan fingerprint density at radius 3 is 3.12 bits per heavy atom. The second kappa shape index (κ2) is 5.12. The number of fused-ring (bicyclic) bond motifs is 1. The van der Waals surface area contributed by atoms with Crippen molar-refractivity contribution in [1.82, 2.24) is 4.98 Å². The summed E-state index contributed by atoms with van der Waals surface area (Å²) in [6.45, 7) is 2.84. The Morgan fingerprint density at radius 2 is 2.31 bits per heavy atom. The summed E-state index contributed by atoms with van der Waals surface area (Å²) >= 11 is 3.43. The number of aromatic nitrogens is 1. The molecule has 0 saturated heterocycles. The third kappa shape index (κ3) is 2.42. The maximum atomic E-state index is 4.43. The number of nitrogens with zero attached hydrogens (tertiary/aromatic N) is 1. The van der Waals surface area contributed by atoms with Gasteiger partial charge in [-0.05, 0) is 35.0 Å². The zero-order valence-electron chi connectivity index (χ0n) is 9.07. The highest BCUT2D eigenvalue weighted by molar-refractivity contribution is 9.10. The van der Waals surface area contributed by atoms with Crippen molar-refractivity contribution in [1.29, 1.82) is 0 Å². The predicted molar refractivity (Wildman–Crippen MR) is 72.7 cm³/mol. The normalized spacial score (nSPS) is 11.1. The van der Waals surface area contributed by atoms with Crippen molar-refractivity contribution in [2.24, 2.45) is 0 Å². The first-order valence-electron chi connectivity index (χ1n) is 5.20. The van der Waals surface area contributed by atoms with Crippen LogP contribution in [0.5, 0.6) is 0 Å². The number of anilines is 1. The molecule has 0 fully saturated rings. The van der Waals surface area contributed by atoms with Gasteiger partial charge in [-0.3, -0.25) is 4.98 Å². The monoisotopic (exact) mass is 276 g/mol. The molecule has 2 aromatic rings. The highest BCUT2D eigenvalue weighted by atomic mass is 79.9. The molecule has 0 aliphatic carbocycles.